The molecule has 3 aromatic rings. The molecule has 136 valence electrons. The molecule has 0 radical (unpaired) electrons. The van der Waals surface area contributed by atoms with Crippen molar-refractivity contribution in [3.8, 4) is 11.5 Å². The van der Waals surface area contributed by atoms with Gasteiger partial charge in [-0.2, -0.15) is 0 Å². The summed E-state index contributed by atoms with van der Waals surface area (Å²) in [5, 5.41) is 7.77. The smallest absolute Gasteiger partial charge is 0.195 e. The fourth-order valence-corrected chi connectivity index (χ4v) is 2.74. The first-order valence-electron chi connectivity index (χ1n) is 8.58. The molecule has 6 nitrogen and oxygen atoms in total. The Morgan fingerprint density at radius 1 is 1.12 bits per heavy atom. The molecule has 0 aliphatic heterocycles. The van der Waals surface area contributed by atoms with E-state index < -0.39 is 0 Å². The van der Waals surface area contributed by atoms with Gasteiger partial charge in [0.15, 0.2) is 17.5 Å². The summed E-state index contributed by atoms with van der Waals surface area (Å²) < 4.78 is 10.9. The number of guanidine groups is 1. The summed E-state index contributed by atoms with van der Waals surface area (Å²) in [6, 6.07) is 16.1. The molecule has 0 atom stereocenters. The van der Waals surface area contributed by atoms with Crippen LogP contribution in [0.15, 0.2) is 53.5 Å². The lowest BCUT2D eigenvalue weighted by Crippen LogP contribution is -2.30. The largest absolute Gasteiger partial charge is 0.493 e. The van der Waals surface area contributed by atoms with Crippen molar-refractivity contribution in [2.24, 2.45) is 4.99 Å². The van der Waals surface area contributed by atoms with Crippen LogP contribution < -0.4 is 20.1 Å². The molecule has 6 heteroatoms. The Morgan fingerprint density at radius 2 is 1.96 bits per heavy atom. The number of rotatable bonds is 6. The fraction of sp³-hybridized carbons (Fsp3) is 0.250. The average molecular weight is 352 g/mol. The molecule has 0 saturated heterocycles. The van der Waals surface area contributed by atoms with E-state index in [0.717, 1.165) is 22.6 Å². The summed E-state index contributed by atoms with van der Waals surface area (Å²) in [7, 11) is 3.37. The summed E-state index contributed by atoms with van der Waals surface area (Å²) in [4.78, 5) is 7.67. The van der Waals surface area contributed by atoms with Gasteiger partial charge in [-0.1, -0.05) is 18.2 Å². The number of anilines is 1. The normalized spacial score (nSPS) is 11.4. The summed E-state index contributed by atoms with van der Waals surface area (Å²) in [5.74, 6) is 2.08. The number of para-hydroxylation sites is 1. The monoisotopic (exact) mass is 352 g/mol. The Morgan fingerprint density at radius 3 is 2.69 bits per heavy atom. The summed E-state index contributed by atoms with van der Waals surface area (Å²) >= 11 is 0. The predicted molar refractivity (Wildman–Crippen MR) is 106 cm³/mol. The molecule has 0 amide bonds. The first-order valence-corrected chi connectivity index (χ1v) is 8.58. The second-order valence-electron chi connectivity index (χ2n) is 5.73. The molecule has 0 aliphatic carbocycles. The number of fused-ring (bicyclic) bond motifs is 1. The minimum atomic E-state index is 0.594. The van der Waals surface area contributed by atoms with Crippen molar-refractivity contribution in [1.29, 1.82) is 0 Å². The average Bonchev–Trinajstić information content (AvgIpc) is 3.09. The maximum absolute atomic E-state index is 5.55. The number of hydrogen-bond acceptors (Lipinski definition) is 3. The molecule has 0 saturated carbocycles. The van der Waals surface area contributed by atoms with Crippen LogP contribution >= 0.6 is 0 Å². The van der Waals surface area contributed by atoms with Crippen molar-refractivity contribution in [3.05, 3.63) is 54.2 Å². The van der Waals surface area contributed by atoms with E-state index in [2.05, 4.69) is 38.8 Å². The lowest BCUT2D eigenvalue weighted by molar-refractivity contribution is 0.311. The van der Waals surface area contributed by atoms with Gasteiger partial charge in [0.1, 0.15) is 0 Å². The standard InChI is InChI=1S/C20H24N4O2/c1-4-26-18-10-9-15(12-19(18)25-3)24-20(21-2)22-13-16-11-14-7-5-6-8-17(14)23-16/h5-12,23H,4,13H2,1-3H3,(H2,21,22,24). The molecule has 0 spiro atoms. The number of methoxy groups -OCH3 is 1. The predicted octanol–water partition coefficient (Wildman–Crippen LogP) is 3.76. The molecule has 0 bridgehead atoms. The minimum absolute atomic E-state index is 0.594. The van der Waals surface area contributed by atoms with E-state index in [1.54, 1.807) is 14.2 Å². The van der Waals surface area contributed by atoms with Gasteiger partial charge in [-0.3, -0.25) is 4.99 Å². The highest BCUT2D eigenvalue weighted by Gasteiger charge is 2.07. The molecule has 0 unspecified atom stereocenters. The van der Waals surface area contributed by atoms with Crippen molar-refractivity contribution in [2.45, 2.75) is 13.5 Å². The van der Waals surface area contributed by atoms with Crippen LogP contribution in [0.4, 0.5) is 5.69 Å². The molecule has 2 aromatic carbocycles. The molecular weight excluding hydrogens is 328 g/mol. The van der Waals surface area contributed by atoms with Crippen LogP contribution in [0.25, 0.3) is 10.9 Å². The molecule has 0 aliphatic rings. The maximum atomic E-state index is 5.55. The summed E-state index contributed by atoms with van der Waals surface area (Å²) in [6.45, 7) is 3.18. The Kier molecular flexibility index (Phi) is 5.63. The van der Waals surface area contributed by atoms with E-state index in [-0.39, 0.29) is 0 Å². The van der Waals surface area contributed by atoms with Crippen molar-refractivity contribution in [3.63, 3.8) is 0 Å². The van der Waals surface area contributed by atoms with Gasteiger partial charge in [-0.05, 0) is 36.6 Å². The molecule has 3 N–H and O–H groups in total. The van der Waals surface area contributed by atoms with Gasteiger partial charge in [0, 0.05) is 30.0 Å². The van der Waals surface area contributed by atoms with Gasteiger partial charge < -0.3 is 25.1 Å². The number of benzene rings is 2. The third-order valence-electron chi connectivity index (χ3n) is 3.98. The van der Waals surface area contributed by atoms with E-state index >= 15 is 0 Å². The maximum Gasteiger partial charge on any atom is 0.195 e. The first-order chi connectivity index (χ1) is 12.7. The Balaban J connectivity index is 1.66. The third-order valence-corrected chi connectivity index (χ3v) is 3.98. The third kappa shape index (κ3) is 4.08. The van der Waals surface area contributed by atoms with Gasteiger partial charge in [0.05, 0.1) is 20.3 Å². The fourth-order valence-electron chi connectivity index (χ4n) is 2.74. The van der Waals surface area contributed by atoms with E-state index in [0.29, 0.717) is 24.9 Å². The highest BCUT2D eigenvalue weighted by atomic mass is 16.5. The van der Waals surface area contributed by atoms with Crippen LogP contribution in [0.1, 0.15) is 12.6 Å². The number of nitrogens with zero attached hydrogens (tertiary/aromatic N) is 1. The zero-order valence-corrected chi connectivity index (χ0v) is 15.3. The molecule has 0 fully saturated rings. The summed E-state index contributed by atoms with van der Waals surface area (Å²) in [5.41, 5.74) is 3.09. The first kappa shape index (κ1) is 17.7. The molecule has 3 rings (SSSR count). The van der Waals surface area contributed by atoms with Gasteiger partial charge >= 0.3 is 0 Å². The zero-order chi connectivity index (χ0) is 18.4. The zero-order valence-electron chi connectivity index (χ0n) is 15.3. The van der Waals surface area contributed by atoms with Crippen molar-refractivity contribution in [1.82, 2.24) is 10.3 Å². The van der Waals surface area contributed by atoms with Crippen LogP contribution in [0.2, 0.25) is 0 Å². The van der Waals surface area contributed by atoms with Gasteiger partial charge in [0.25, 0.3) is 0 Å². The Hall–Kier alpha value is -3.15. The lowest BCUT2D eigenvalue weighted by atomic mass is 10.2. The van der Waals surface area contributed by atoms with Crippen LogP contribution in [-0.2, 0) is 6.54 Å². The van der Waals surface area contributed by atoms with Crippen LogP contribution in [0.3, 0.4) is 0 Å². The van der Waals surface area contributed by atoms with Gasteiger partial charge in [-0.25, -0.2) is 0 Å². The van der Waals surface area contributed by atoms with E-state index in [1.807, 2.05) is 37.3 Å². The SMILES string of the molecule is CCOc1ccc(NC(=NC)NCc2cc3ccccc3[nH]2)cc1OC. The minimum Gasteiger partial charge on any atom is -0.493 e. The van der Waals surface area contributed by atoms with Gasteiger partial charge in [-0.15, -0.1) is 0 Å². The Bertz CT molecular complexity index is 869. The molecule has 1 heterocycles. The van der Waals surface area contributed by atoms with E-state index in [4.69, 9.17) is 9.47 Å². The van der Waals surface area contributed by atoms with Crippen LogP contribution in [0, 0.1) is 0 Å². The van der Waals surface area contributed by atoms with E-state index in [1.165, 1.54) is 5.39 Å². The Labute approximate surface area is 153 Å². The number of ether oxygens (including phenoxy) is 2. The second kappa shape index (κ2) is 8.29. The lowest BCUT2D eigenvalue weighted by Gasteiger charge is -2.14. The summed E-state index contributed by atoms with van der Waals surface area (Å²) in [6.07, 6.45) is 0. The van der Waals surface area contributed by atoms with Crippen molar-refractivity contribution >= 4 is 22.5 Å². The molecule has 1 aromatic heterocycles. The van der Waals surface area contributed by atoms with E-state index in [9.17, 15) is 0 Å². The highest BCUT2D eigenvalue weighted by molar-refractivity contribution is 5.94. The second-order valence-corrected chi connectivity index (χ2v) is 5.73. The molecular formula is C20H24N4O2. The number of nitrogens with one attached hydrogen (secondary N) is 3. The van der Waals surface area contributed by atoms with Gasteiger partial charge in [0.2, 0.25) is 0 Å². The van der Waals surface area contributed by atoms with Crippen LogP contribution in [0.5, 0.6) is 11.5 Å². The number of aliphatic imine (C=N–C) groups is 1. The topological polar surface area (TPSA) is 70.7 Å². The highest BCUT2D eigenvalue weighted by Crippen LogP contribution is 2.30. The number of hydrogen-bond donors (Lipinski definition) is 3. The number of H-pyrrole nitrogens is 1. The quantitative estimate of drug-likeness (QED) is 0.467. The van der Waals surface area contributed by atoms with Crippen LogP contribution in [-0.4, -0.2) is 31.7 Å². The number of aromatic amines is 1. The van der Waals surface area contributed by atoms with Crippen molar-refractivity contribution in [2.75, 3.05) is 26.1 Å². The number of aromatic nitrogens is 1. The molecule has 26 heavy (non-hydrogen) atoms. The van der Waals surface area contributed by atoms with Crippen molar-refractivity contribution < 1.29 is 9.47 Å².